The molecule has 0 amide bonds. The highest BCUT2D eigenvalue weighted by Crippen LogP contribution is 2.17. The maximum Gasteiger partial charge on any atom is 0.256 e. The predicted molar refractivity (Wildman–Crippen MR) is 77.5 cm³/mol. The van der Waals surface area contributed by atoms with Crippen LogP contribution in [0.4, 0.5) is 4.39 Å². The van der Waals surface area contributed by atoms with Gasteiger partial charge in [-0.25, -0.2) is 17.8 Å². The average molecular weight is 320 g/mol. The largest absolute Gasteiger partial charge is 0.256 e. The van der Waals surface area contributed by atoms with Gasteiger partial charge in [0.1, 0.15) is 5.82 Å². The Labute approximate surface area is 126 Å². The molecule has 0 saturated carbocycles. The summed E-state index contributed by atoms with van der Waals surface area (Å²) < 4.78 is 39.4. The Bertz CT molecular complexity index is 949. The number of aryl methyl sites for hydroxylation is 2. The number of rotatable bonds is 3. The van der Waals surface area contributed by atoms with Gasteiger partial charge in [-0.3, -0.25) is 4.40 Å². The molecule has 6 nitrogen and oxygen atoms in total. The van der Waals surface area contributed by atoms with Crippen LogP contribution in [0, 0.1) is 19.7 Å². The van der Waals surface area contributed by atoms with Gasteiger partial charge in [0.15, 0.2) is 0 Å². The zero-order chi connectivity index (χ0) is 15.9. The van der Waals surface area contributed by atoms with Crippen LogP contribution in [0.5, 0.6) is 0 Å². The van der Waals surface area contributed by atoms with Crippen LogP contribution in [0.1, 0.15) is 17.0 Å². The summed E-state index contributed by atoms with van der Waals surface area (Å²) in [5.41, 5.74) is 1.90. The molecule has 0 fully saturated rings. The van der Waals surface area contributed by atoms with Gasteiger partial charge in [-0.15, -0.1) is 10.2 Å². The highest BCUT2D eigenvalue weighted by atomic mass is 32.2. The smallest absolute Gasteiger partial charge is 0.254 e. The molecule has 3 aromatic rings. The Morgan fingerprint density at radius 1 is 1.14 bits per heavy atom. The van der Waals surface area contributed by atoms with Crippen molar-refractivity contribution in [2.24, 2.45) is 0 Å². The molecule has 3 rings (SSSR count). The predicted octanol–water partition coefficient (Wildman–Crippen LogP) is 1.85. The van der Waals surface area contributed by atoms with Gasteiger partial charge in [0.05, 0.1) is 5.75 Å². The summed E-state index contributed by atoms with van der Waals surface area (Å²) in [4.78, 5) is 4.16. The maximum atomic E-state index is 12.9. The minimum Gasteiger partial charge on any atom is -0.254 e. The molecule has 114 valence electrons. The summed E-state index contributed by atoms with van der Waals surface area (Å²) >= 11 is 0. The summed E-state index contributed by atoms with van der Waals surface area (Å²) in [5, 5.41) is 7.44. The third kappa shape index (κ3) is 2.57. The maximum absolute atomic E-state index is 12.9. The second kappa shape index (κ2) is 5.13. The quantitative estimate of drug-likeness (QED) is 0.736. The second-order valence-corrected chi connectivity index (χ2v) is 6.93. The number of sulfone groups is 1. The lowest BCUT2D eigenvalue weighted by Gasteiger charge is -2.06. The first-order valence-corrected chi connectivity index (χ1v) is 8.18. The number of hydrogen-bond donors (Lipinski definition) is 0. The van der Waals surface area contributed by atoms with Crippen molar-refractivity contribution in [1.82, 2.24) is 19.6 Å². The molecule has 0 aliphatic heterocycles. The van der Waals surface area contributed by atoms with Crippen LogP contribution in [0.25, 0.3) is 5.78 Å². The molecule has 8 heteroatoms. The molecule has 0 unspecified atom stereocenters. The normalized spacial score (nSPS) is 12.0. The Hall–Kier alpha value is -2.35. The molecule has 0 spiro atoms. The highest BCUT2D eigenvalue weighted by Gasteiger charge is 2.24. The van der Waals surface area contributed by atoms with E-state index in [2.05, 4.69) is 15.2 Å². The molecule has 0 radical (unpaired) electrons. The van der Waals surface area contributed by atoms with E-state index in [4.69, 9.17) is 0 Å². The van der Waals surface area contributed by atoms with E-state index in [0.29, 0.717) is 11.3 Å². The molecule has 0 bridgehead atoms. The van der Waals surface area contributed by atoms with Crippen LogP contribution in [0.2, 0.25) is 0 Å². The van der Waals surface area contributed by atoms with Crippen LogP contribution >= 0.6 is 0 Å². The summed E-state index contributed by atoms with van der Waals surface area (Å²) in [6.45, 7) is 3.57. The van der Waals surface area contributed by atoms with Crippen LogP contribution in [0.15, 0.2) is 35.5 Å². The molecule has 22 heavy (non-hydrogen) atoms. The molecule has 1 aromatic carbocycles. The molecule has 2 heterocycles. The summed E-state index contributed by atoms with van der Waals surface area (Å²) in [6.07, 6.45) is 0. The Balaban J connectivity index is 2.08. The number of nitrogens with zero attached hydrogens (tertiary/aromatic N) is 4. The number of hydrogen-bond acceptors (Lipinski definition) is 5. The van der Waals surface area contributed by atoms with Crippen LogP contribution < -0.4 is 0 Å². The number of benzene rings is 1. The molecule has 0 N–H and O–H groups in total. The van der Waals surface area contributed by atoms with Crippen molar-refractivity contribution in [2.75, 3.05) is 0 Å². The van der Waals surface area contributed by atoms with Gasteiger partial charge in [-0.1, -0.05) is 12.1 Å². The van der Waals surface area contributed by atoms with E-state index < -0.39 is 15.7 Å². The summed E-state index contributed by atoms with van der Waals surface area (Å²) in [7, 11) is -3.72. The first kappa shape index (κ1) is 14.6. The Morgan fingerprint density at radius 3 is 2.50 bits per heavy atom. The van der Waals surface area contributed by atoms with E-state index in [9.17, 15) is 12.8 Å². The third-order valence-electron chi connectivity index (χ3n) is 3.21. The van der Waals surface area contributed by atoms with Crippen molar-refractivity contribution in [3.8, 4) is 0 Å². The summed E-state index contributed by atoms with van der Waals surface area (Å²) in [5.74, 6) is -0.443. The molecular weight excluding hydrogens is 307 g/mol. The highest BCUT2D eigenvalue weighted by molar-refractivity contribution is 7.90. The number of halogens is 1. The van der Waals surface area contributed by atoms with Crippen molar-refractivity contribution in [3.63, 3.8) is 0 Å². The van der Waals surface area contributed by atoms with Gasteiger partial charge in [-0.2, -0.15) is 0 Å². The lowest BCUT2D eigenvalue weighted by molar-refractivity contribution is 0.583. The minimum atomic E-state index is -3.72. The fraction of sp³-hybridized carbons (Fsp3) is 0.214. The van der Waals surface area contributed by atoms with Gasteiger partial charge < -0.3 is 0 Å². The first-order valence-electron chi connectivity index (χ1n) is 6.53. The standard InChI is InChI=1S/C14H13FN4O2S/c1-9-7-10(2)19-13(16-9)17-18-14(19)22(20,21)8-11-3-5-12(15)6-4-11/h3-7H,8H2,1-2H3. The van der Waals surface area contributed by atoms with E-state index in [1.807, 2.05) is 0 Å². The third-order valence-corrected chi connectivity index (χ3v) is 4.75. The Morgan fingerprint density at radius 2 is 1.82 bits per heavy atom. The topological polar surface area (TPSA) is 77.2 Å². The average Bonchev–Trinajstić information content (AvgIpc) is 2.86. The fourth-order valence-electron chi connectivity index (χ4n) is 2.27. The molecule has 2 aromatic heterocycles. The van der Waals surface area contributed by atoms with Crippen molar-refractivity contribution >= 4 is 15.6 Å². The van der Waals surface area contributed by atoms with Crippen molar-refractivity contribution in [2.45, 2.75) is 24.8 Å². The molecule has 0 aliphatic rings. The summed E-state index contributed by atoms with van der Waals surface area (Å²) in [6, 6.07) is 7.08. The van der Waals surface area contributed by atoms with Gasteiger partial charge in [-0.05, 0) is 37.6 Å². The Kier molecular flexibility index (Phi) is 3.40. The number of aromatic nitrogens is 4. The van der Waals surface area contributed by atoms with Gasteiger partial charge in [0, 0.05) is 11.4 Å². The van der Waals surface area contributed by atoms with E-state index in [0.717, 1.165) is 5.69 Å². The number of fused-ring (bicyclic) bond motifs is 1. The van der Waals surface area contributed by atoms with Crippen molar-refractivity contribution in [3.05, 3.63) is 53.1 Å². The van der Waals surface area contributed by atoms with Crippen LogP contribution in [0.3, 0.4) is 0 Å². The van der Waals surface area contributed by atoms with Gasteiger partial charge in [0.25, 0.3) is 10.9 Å². The fourth-order valence-corrected chi connectivity index (χ4v) is 3.70. The zero-order valence-electron chi connectivity index (χ0n) is 12.0. The van der Waals surface area contributed by atoms with E-state index >= 15 is 0 Å². The molecule has 0 saturated heterocycles. The molecule has 0 aliphatic carbocycles. The zero-order valence-corrected chi connectivity index (χ0v) is 12.8. The lowest BCUT2D eigenvalue weighted by atomic mass is 10.2. The monoisotopic (exact) mass is 320 g/mol. The second-order valence-electron chi connectivity index (χ2n) is 5.04. The minimum absolute atomic E-state index is 0.156. The van der Waals surface area contributed by atoms with E-state index in [1.54, 1.807) is 19.9 Å². The van der Waals surface area contributed by atoms with Gasteiger partial charge in [0.2, 0.25) is 9.84 Å². The first-order chi connectivity index (χ1) is 10.4. The van der Waals surface area contributed by atoms with E-state index in [1.165, 1.54) is 28.7 Å². The van der Waals surface area contributed by atoms with Gasteiger partial charge >= 0.3 is 0 Å². The molecule has 0 atom stereocenters. The molecular formula is C14H13FN4O2S. The lowest BCUT2D eigenvalue weighted by Crippen LogP contribution is -2.11. The van der Waals surface area contributed by atoms with E-state index in [-0.39, 0.29) is 16.7 Å². The van der Waals surface area contributed by atoms with Crippen LogP contribution in [-0.2, 0) is 15.6 Å². The SMILES string of the molecule is Cc1cc(C)n2c(S(=O)(=O)Cc3ccc(F)cc3)nnc2n1. The van der Waals surface area contributed by atoms with Crippen molar-refractivity contribution in [1.29, 1.82) is 0 Å². The van der Waals surface area contributed by atoms with Crippen molar-refractivity contribution < 1.29 is 12.8 Å². The van der Waals surface area contributed by atoms with Crippen LogP contribution in [-0.4, -0.2) is 28.0 Å².